The van der Waals surface area contributed by atoms with Gasteiger partial charge in [-0.3, -0.25) is 4.79 Å². The van der Waals surface area contributed by atoms with Crippen LogP contribution in [0.4, 0.5) is 5.82 Å². The van der Waals surface area contributed by atoms with Gasteiger partial charge in [0.2, 0.25) is 5.91 Å². The minimum atomic E-state index is -0.0490. The SMILES string of the molecule is Cc1cccnc1NC(=O)Cc1ccc2ccccc2c1. The van der Waals surface area contributed by atoms with Gasteiger partial charge in [-0.25, -0.2) is 4.98 Å². The summed E-state index contributed by atoms with van der Waals surface area (Å²) < 4.78 is 0. The van der Waals surface area contributed by atoms with Crippen LogP contribution in [0.1, 0.15) is 11.1 Å². The molecule has 0 unspecified atom stereocenters. The lowest BCUT2D eigenvalue weighted by atomic mass is 10.0. The fraction of sp³-hybridized carbons (Fsp3) is 0.111. The van der Waals surface area contributed by atoms with E-state index < -0.39 is 0 Å². The maximum Gasteiger partial charge on any atom is 0.229 e. The third kappa shape index (κ3) is 3.08. The number of anilines is 1. The highest BCUT2D eigenvalue weighted by Crippen LogP contribution is 2.16. The number of aromatic nitrogens is 1. The molecule has 3 nitrogen and oxygen atoms in total. The zero-order valence-electron chi connectivity index (χ0n) is 11.8. The summed E-state index contributed by atoms with van der Waals surface area (Å²) in [6.45, 7) is 1.93. The Morgan fingerprint density at radius 1 is 1.05 bits per heavy atom. The Balaban J connectivity index is 1.75. The molecule has 1 aromatic heterocycles. The van der Waals surface area contributed by atoms with Gasteiger partial charge in [0.05, 0.1) is 6.42 Å². The fourth-order valence-electron chi connectivity index (χ4n) is 2.33. The molecule has 3 aromatic rings. The van der Waals surface area contributed by atoms with Gasteiger partial charge in [0, 0.05) is 6.20 Å². The lowest BCUT2D eigenvalue weighted by Gasteiger charge is -2.07. The van der Waals surface area contributed by atoms with Crippen LogP contribution in [0.3, 0.4) is 0 Å². The van der Waals surface area contributed by atoms with E-state index in [9.17, 15) is 4.79 Å². The lowest BCUT2D eigenvalue weighted by Crippen LogP contribution is -2.16. The third-order valence-corrected chi connectivity index (χ3v) is 3.45. The largest absolute Gasteiger partial charge is 0.310 e. The van der Waals surface area contributed by atoms with Crippen molar-refractivity contribution in [3.63, 3.8) is 0 Å². The Morgan fingerprint density at radius 3 is 2.67 bits per heavy atom. The molecule has 0 aliphatic heterocycles. The first-order chi connectivity index (χ1) is 10.2. The van der Waals surface area contributed by atoms with E-state index in [1.807, 2.05) is 43.3 Å². The fourth-order valence-corrected chi connectivity index (χ4v) is 2.33. The van der Waals surface area contributed by atoms with E-state index in [4.69, 9.17) is 0 Å². The van der Waals surface area contributed by atoms with E-state index in [-0.39, 0.29) is 5.91 Å². The van der Waals surface area contributed by atoms with Crippen molar-refractivity contribution in [3.05, 3.63) is 71.9 Å². The molecular weight excluding hydrogens is 260 g/mol. The molecule has 0 aliphatic carbocycles. The molecule has 0 bridgehead atoms. The number of pyridine rings is 1. The molecule has 0 saturated carbocycles. The number of hydrogen-bond acceptors (Lipinski definition) is 2. The molecule has 0 atom stereocenters. The molecule has 0 aliphatic rings. The average molecular weight is 276 g/mol. The molecule has 104 valence electrons. The number of rotatable bonds is 3. The molecule has 1 heterocycles. The quantitative estimate of drug-likeness (QED) is 0.792. The van der Waals surface area contributed by atoms with Gasteiger partial charge in [0.25, 0.3) is 0 Å². The topological polar surface area (TPSA) is 42.0 Å². The summed E-state index contributed by atoms with van der Waals surface area (Å²) in [4.78, 5) is 16.3. The van der Waals surface area contributed by atoms with E-state index in [1.54, 1.807) is 6.20 Å². The summed E-state index contributed by atoms with van der Waals surface area (Å²) in [5.41, 5.74) is 1.96. The molecule has 0 fully saturated rings. The van der Waals surface area contributed by atoms with E-state index in [2.05, 4.69) is 28.5 Å². The smallest absolute Gasteiger partial charge is 0.229 e. The zero-order valence-corrected chi connectivity index (χ0v) is 11.8. The zero-order chi connectivity index (χ0) is 14.7. The minimum Gasteiger partial charge on any atom is -0.310 e. The average Bonchev–Trinajstić information content (AvgIpc) is 2.49. The standard InChI is InChI=1S/C18H16N2O/c1-13-5-4-10-19-18(13)20-17(21)12-14-8-9-15-6-2-3-7-16(15)11-14/h2-11H,12H2,1H3,(H,19,20,21). The lowest BCUT2D eigenvalue weighted by molar-refractivity contribution is -0.115. The van der Waals surface area contributed by atoms with Crippen LogP contribution in [0.5, 0.6) is 0 Å². The van der Waals surface area contributed by atoms with Crippen molar-refractivity contribution >= 4 is 22.5 Å². The van der Waals surface area contributed by atoms with Crippen molar-refractivity contribution in [2.75, 3.05) is 5.32 Å². The van der Waals surface area contributed by atoms with Crippen LogP contribution < -0.4 is 5.32 Å². The van der Waals surface area contributed by atoms with Crippen LogP contribution in [-0.4, -0.2) is 10.9 Å². The Morgan fingerprint density at radius 2 is 1.86 bits per heavy atom. The van der Waals surface area contributed by atoms with Crippen molar-refractivity contribution in [1.29, 1.82) is 0 Å². The van der Waals surface area contributed by atoms with Crippen molar-refractivity contribution < 1.29 is 4.79 Å². The van der Waals surface area contributed by atoms with Crippen LogP contribution in [0.2, 0.25) is 0 Å². The summed E-state index contributed by atoms with van der Waals surface area (Å²) in [5, 5.41) is 5.19. The molecular formula is C18H16N2O. The van der Waals surface area contributed by atoms with Gasteiger partial charge in [-0.1, -0.05) is 48.5 Å². The van der Waals surface area contributed by atoms with Crippen LogP contribution in [0.15, 0.2) is 60.8 Å². The van der Waals surface area contributed by atoms with Gasteiger partial charge >= 0.3 is 0 Å². The highest BCUT2D eigenvalue weighted by atomic mass is 16.1. The molecule has 0 spiro atoms. The third-order valence-electron chi connectivity index (χ3n) is 3.45. The Kier molecular flexibility index (Phi) is 3.65. The van der Waals surface area contributed by atoms with Gasteiger partial charge in [0.1, 0.15) is 5.82 Å². The molecule has 2 aromatic carbocycles. The van der Waals surface area contributed by atoms with Gasteiger partial charge in [-0.15, -0.1) is 0 Å². The highest BCUT2D eigenvalue weighted by Gasteiger charge is 2.07. The Hall–Kier alpha value is -2.68. The number of nitrogens with zero attached hydrogens (tertiary/aromatic N) is 1. The van der Waals surface area contributed by atoms with Crippen molar-refractivity contribution in [2.24, 2.45) is 0 Å². The Labute approximate surface area is 123 Å². The first kappa shape index (κ1) is 13.3. The normalized spacial score (nSPS) is 10.5. The number of aryl methyl sites for hydroxylation is 1. The van der Waals surface area contributed by atoms with Gasteiger partial charge in [0.15, 0.2) is 0 Å². The van der Waals surface area contributed by atoms with Gasteiger partial charge < -0.3 is 5.32 Å². The monoisotopic (exact) mass is 276 g/mol. The van der Waals surface area contributed by atoms with Crippen molar-refractivity contribution in [1.82, 2.24) is 4.98 Å². The number of hydrogen-bond donors (Lipinski definition) is 1. The van der Waals surface area contributed by atoms with E-state index in [1.165, 1.54) is 5.39 Å². The number of carbonyl (C=O) groups is 1. The summed E-state index contributed by atoms with van der Waals surface area (Å²) in [5.74, 6) is 0.579. The minimum absolute atomic E-state index is 0.0490. The summed E-state index contributed by atoms with van der Waals surface area (Å²) in [6.07, 6.45) is 2.03. The number of amides is 1. The van der Waals surface area contributed by atoms with Crippen LogP contribution in [0, 0.1) is 6.92 Å². The molecule has 1 N–H and O–H groups in total. The number of carbonyl (C=O) groups excluding carboxylic acids is 1. The first-order valence-corrected chi connectivity index (χ1v) is 6.91. The molecule has 3 rings (SSSR count). The summed E-state index contributed by atoms with van der Waals surface area (Å²) >= 11 is 0. The van der Waals surface area contributed by atoms with E-state index in [0.29, 0.717) is 12.2 Å². The van der Waals surface area contributed by atoms with Crippen molar-refractivity contribution in [3.8, 4) is 0 Å². The maximum atomic E-state index is 12.1. The second kappa shape index (κ2) is 5.75. The van der Waals surface area contributed by atoms with Crippen LogP contribution >= 0.6 is 0 Å². The predicted molar refractivity (Wildman–Crippen MR) is 85.3 cm³/mol. The molecule has 0 saturated heterocycles. The van der Waals surface area contributed by atoms with Gasteiger partial charge in [-0.05, 0) is 34.9 Å². The molecule has 1 amide bonds. The second-order valence-electron chi connectivity index (χ2n) is 5.08. The van der Waals surface area contributed by atoms with Gasteiger partial charge in [-0.2, -0.15) is 0 Å². The highest BCUT2D eigenvalue weighted by molar-refractivity contribution is 5.93. The second-order valence-corrected chi connectivity index (χ2v) is 5.08. The number of fused-ring (bicyclic) bond motifs is 1. The van der Waals surface area contributed by atoms with Crippen molar-refractivity contribution in [2.45, 2.75) is 13.3 Å². The molecule has 3 heteroatoms. The first-order valence-electron chi connectivity index (χ1n) is 6.91. The molecule has 0 radical (unpaired) electrons. The summed E-state index contributed by atoms with van der Waals surface area (Å²) in [6, 6.07) is 18.0. The molecule has 21 heavy (non-hydrogen) atoms. The van der Waals surface area contributed by atoms with Crippen LogP contribution in [0.25, 0.3) is 10.8 Å². The summed E-state index contributed by atoms with van der Waals surface area (Å²) in [7, 11) is 0. The Bertz CT molecular complexity index is 796. The number of benzene rings is 2. The van der Waals surface area contributed by atoms with Crippen LogP contribution in [-0.2, 0) is 11.2 Å². The number of nitrogens with one attached hydrogen (secondary N) is 1. The van der Waals surface area contributed by atoms with E-state index >= 15 is 0 Å². The van der Waals surface area contributed by atoms with E-state index in [0.717, 1.165) is 16.5 Å². The predicted octanol–water partition coefficient (Wildman–Crippen LogP) is 3.72. The maximum absolute atomic E-state index is 12.1.